The van der Waals surface area contributed by atoms with Crippen molar-refractivity contribution >= 4 is 5.91 Å². The predicted octanol–water partition coefficient (Wildman–Crippen LogP) is 1.48. The van der Waals surface area contributed by atoms with Gasteiger partial charge in [0.1, 0.15) is 0 Å². The molecule has 3 nitrogen and oxygen atoms in total. The van der Waals surface area contributed by atoms with E-state index in [9.17, 15) is 4.79 Å². The molecule has 3 heteroatoms. The highest BCUT2D eigenvalue weighted by atomic mass is 16.5. The standard InChI is InChI=1S/C13H17NO2/c1-11-10-14(7-8-16-11)13(15)9-12-5-3-2-4-6-12/h2-6,11H,7-10H2,1H3/t11-/m1/s1. The van der Waals surface area contributed by atoms with E-state index in [1.165, 1.54) is 0 Å². The molecule has 16 heavy (non-hydrogen) atoms. The van der Waals surface area contributed by atoms with Crippen LogP contribution in [0.1, 0.15) is 12.5 Å². The van der Waals surface area contributed by atoms with Crippen molar-refractivity contribution in [2.75, 3.05) is 19.7 Å². The van der Waals surface area contributed by atoms with Gasteiger partial charge in [0.05, 0.1) is 19.1 Å². The second kappa shape index (κ2) is 5.12. The Kier molecular flexibility index (Phi) is 3.57. The monoisotopic (exact) mass is 219 g/mol. The van der Waals surface area contributed by atoms with E-state index in [4.69, 9.17) is 4.74 Å². The maximum atomic E-state index is 12.0. The SMILES string of the molecule is C[C@@H]1CN(C(=O)Cc2ccccc2)CCO1. The van der Waals surface area contributed by atoms with Gasteiger partial charge < -0.3 is 9.64 Å². The van der Waals surface area contributed by atoms with Crippen LogP contribution in [0.4, 0.5) is 0 Å². The second-order valence-corrected chi connectivity index (χ2v) is 4.18. The zero-order valence-electron chi connectivity index (χ0n) is 9.56. The average Bonchev–Trinajstić information content (AvgIpc) is 2.30. The highest BCUT2D eigenvalue weighted by Crippen LogP contribution is 2.08. The summed E-state index contributed by atoms with van der Waals surface area (Å²) in [6.07, 6.45) is 0.654. The Balaban J connectivity index is 1.93. The minimum atomic E-state index is 0.161. The summed E-state index contributed by atoms with van der Waals surface area (Å²) in [6.45, 7) is 4.09. The molecule has 1 aromatic carbocycles. The fraction of sp³-hybridized carbons (Fsp3) is 0.462. The number of hydrogen-bond acceptors (Lipinski definition) is 2. The van der Waals surface area contributed by atoms with Crippen LogP contribution in [-0.2, 0) is 16.0 Å². The third-order valence-electron chi connectivity index (χ3n) is 2.79. The molecule has 1 heterocycles. The van der Waals surface area contributed by atoms with Gasteiger partial charge in [-0.15, -0.1) is 0 Å². The number of amides is 1. The minimum absolute atomic E-state index is 0.161. The maximum Gasteiger partial charge on any atom is 0.227 e. The summed E-state index contributed by atoms with van der Waals surface area (Å²) in [4.78, 5) is 13.9. The van der Waals surface area contributed by atoms with Gasteiger partial charge in [-0.25, -0.2) is 0 Å². The summed E-state index contributed by atoms with van der Waals surface area (Å²) in [5, 5.41) is 0. The molecule has 0 bridgehead atoms. The minimum Gasteiger partial charge on any atom is -0.375 e. The molecule has 1 aromatic rings. The molecule has 86 valence electrons. The average molecular weight is 219 g/mol. The number of benzene rings is 1. The van der Waals surface area contributed by atoms with Crippen LogP contribution in [0.15, 0.2) is 30.3 Å². The van der Waals surface area contributed by atoms with E-state index in [-0.39, 0.29) is 12.0 Å². The number of ether oxygens (including phenoxy) is 1. The summed E-state index contributed by atoms with van der Waals surface area (Å²) in [7, 11) is 0. The van der Waals surface area contributed by atoms with Crippen LogP contribution in [0.2, 0.25) is 0 Å². The van der Waals surface area contributed by atoms with E-state index in [1.54, 1.807) is 0 Å². The molecule has 0 radical (unpaired) electrons. The van der Waals surface area contributed by atoms with Crippen LogP contribution in [0.3, 0.4) is 0 Å². The number of nitrogens with zero attached hydrogens (tertiary/aromatic N) is 1. The Bertz CT molecular complexity index is 350. The van der Waals surface area contributed by atoms with Crippen LogP contribution < -0.4 is 0 Å². The van der Waals surface area contributed by atoms with Gasteiger partial charge in [-0.2, -0.15) is 0 Å². The Morgan fingerprint density at radius 2 is 2.19 bits per heavy atom. The normalized spacial score (nSPS) is 20.8. The van der Waals surface area contributed by atoms with E-state index in [0.717, 1.165) is 12.1 Å². The predicted molar refractivity (Wildman–Crippen MR) is 62.1 cm³/mol. The van der Waals surface area contributed by atoms with Crippen LogP contribution in [0.5, 0.6) is 0 Å². The molecule has 0 unspecified atom stereocenters. The zero-order valence-corrected chi connectivity index (χ0v) is 9.56. The molecule has 1 aliphatic rings. The molecule has 0 N–H and O–H groups in total. The van der Waals surface area contributed by atoms with Gasteiger partial charge in [-0.3, -0.25) is 4.79 Å². The van der Waals surface area contributed by atoms with Crippen molar-refractivity contribution < 1.29 is 9.53 Å². The highest BCUT2D eigenvalue weighted by molar-refractivity contribution is 5.78. The quantitative estimate of drug-likeness (QED) is 0.754. The summed E-state index contributed by atoms with van der Waals surface area (Å²) < 4.78 is 5.41. The third kappa shape index (κ3) is 2.83. The van der Waals surface area contributed by atoms with Crippen molar-refractivity contribution in [1.82, 2.24) is 4.90 Å². The molecule has 0 aliphatic carbocycles. The van der Waals surface area contributed by atoms with E-state index in [1.807, 2.05) is 42.2 Å². The first kappa shape index (κ1) is 11.1. The topological polar surface area (TPSA) is 29.5 Å². The Morgan fingerprint density at radius 3 is 2.88 bits per heavy atom. The number of hydrogen-bond donors (Lipinski definition) is 0. The first-order chi connectivity index (χ1) is 7.75. The lowest BCUT2D eigenvalue weighted by Gasteiger charge is -2.31. The molecule has 1 saturated heterocycles. The Hall–Kier alpha value is -1.35. The summed E-state index contributed by atoms with van der Waals surface area (Å²) in [5.74, 6) is 0.196. The van der Waals surface area contributed by atoms with Crippen molar-refractivity contribution in [3.8, 4) is 0 Å². The Labute approximate surface area is 96.0 Å². The van der Waals surface area contributed by atoms with Crippen molar-refractivity contribution in [2.45, 2.75) is 19.4 Å². The van der Waals surface area contributed by atoms with Crippen molar-refractivity contribution in [2.24, 2.45) is 0 Å². The van der Waals surface area contributed by atoms with E-state index >= 15 is 0 Å². The highest BCUT2D eigenvalue weighted by Gasteiger charge is 2.20. The Morgan fingerprint density at radius 1 is 1.44 bits per heavy atom. The van der Waals surface area contributed by atoms with Crippen molar-refractivity contribution in [3.63, 3.8) is 0 Å². The fourth-order valence-electron chi connectivity index (χ4n) is 1.93. The summed E-state index contributed by atoms with van der Waals surface area (Å²) in [5.41, 5.74) is 1.08. The maximum absolute atomic E-state index is 12.0. The number of rotatable bonds is 2. The number of carbonyl (C=O) groups is 1. The van der Waals surface area contributed by atoms with Gasteiger partial charge in [0.25, 0.3) is 0 Å². The second-order valence-electron chi connectivity index (χ2n) is 4.18. The number of carbonyl (C=O) groups excluding carboxylic acids is 1. The molecule has 0 saturated carbocycles. The van der Waals surface area contributed by atoms with Gasteiger partial charge in [-0.05, 0) is 12.5 Å². The van der Waals surface area contributed by atoms with Crippen LogP contribution >= 0.6 is 0 Å². The van der Waals surface area contributed by atoms with Gasteiger partial charge in [0.2, 0.25) is 5.91 Å². The molecule has 1 atom stereocenters. The lowest BCUT2D eigenvalue weighted by Crippen LogP contribution is -2.45. The van der Waals surface area contributed by atoms with Crippen LogP contribution in [-0.4, -0.2) is 36.6 Å². The van der Waals surface area contributed by atoms with Gasteiger partial charge in [0, 0.05) is 13.1 Å². The van der Waals surface area contributed by atoms with Crippen molar-refractivity contribution in [3.05, 3.63) is 35.9 Å². The van der Waals surface area contributed by atoms with Crippen LogP contribution in [0, 0.1) is 0 Å². The molecule has 1 fully saturated rings. The smallest absolute Gasteiger partial charge is 0.227 e. The molecule has 2 rings (SSSR count). The molecular formula is C13H17NO2. The molecule has 0 spiro atoms. The van der Waals surface area contributed by atoms with Gasteiger partial charge in [0.15, 0.2) is 0 Å². The first-order valence-corrected chi connectivity index (χ1v) is 5.69. The lowest BCUT2D eigenvalue weighted by molar-refractivity contribution is -0.137. The molecular weight excluding hydrogens is 202 g/mol. The third-order valence-corrected chi connectivity index (χ3v) is 2.79. The van der Waals surface area contributed by atoms with E-state index < -0.39 is 0 Å². The molecule has 0 aromatic heterocycles. The summed E-state index contributed by atoms with van der Waals surface area (Å²) in [6, 6.07) is 9.86. The van der Waals surface area contributed by atoms with E-state index in [0.29, 0.717) is 19.6 Å². The molecule has 1 aliphatic heterocycles. The number of morpholine rings is 1. The fourth-order valence-corrected chi connectivity index (χ4v) is 1.93. The lowest BCUT2D eigenvalue weighted by atomic mass is 10.1. The van der Waals surface area contributed by atoms with Crippen molar-refractivity contribution in [1.29, 1.82) is 0 Å². The van der Waals surface area contributed by atoms with E-state index in [2.05, 4.69) is 0 Å². The largest absolute Gasteiger partial charge is 0.375 e. The van der Waals surface area contributed by atoms with Gasteiger partial charge in [-0.1, -0.05) is 30.3 Å². The van der Waals surface area contributed by atoms with Crippen LogP contribution in [0.25, 0.3) is 0 Å². The zero-order chi connectivity index (χ0) is 11.4. The first-order valence-electron chi connectivity index (χ1n) is 5.69. The van der Waals surface area contributed by atoms with Gasteiger partial charge >= 0.3 is 0 Å². The summed E-state index contributed by atoms with van der Waals surface area (Å²) >= 11 is 0. The molecule has 1 amide bonds.